The smallest absolute Gasteiger partial charge is 0.320 e. The van der Waals surface area contributed by atoms with Gasteiger partial charge in [-0.25, -0.2) is 19.1 Å². The standard InChI is InChI=1S/C22H23F2N3O3/c1-26(2)21(29)27-14-15(18-12-17(23)8-9-19(18)24)13-22(27,11-10-20(28)25-30)16-6-4-3-5-7-16/h3-9,12-13,30H,10-11,14H2,1-2H3,(H,25,28). The van der Waals surface area contributed by atoms with Crippen LogP contribution in [0, 0.1) is 11.6 Å². The Bertz CT molecular complexity index is 979. The Kier molecular flexibility index (Phi) is 6.17. The maximum atomic E-state index is 14.5. The van der Waals surface area contributed by atoms with Crippen LogP contribution in [0.1, 0.15) is 24.0 Å². The predicted octanol–water partition coefficient (Wildman–Crippen LogP) is 3.53. The van der Waals surface area contributed by atoms with Crippen LogP contribution >= 0.6 is 0 Å². The molecule has 0 saturated heterocycles. The minimum absolute atomic E-state index is 0.0347. The molecule has 30 heavy (non-hydrogen) atoms. The van der Waals surface area contributed by atoms with Gasteiger partial charge in [0, 0.05) is 32.6 Å². The first-order chi connectivity index (χ1) is 14.3. The molecular weight excluding hydrogens is 392 g/mol. The molecule has 2 N–H and O–H groups in total. The average Bonchev–Trinajstić information content (AvgIpc) is 3.14. The van der Waals surface area contributed by atoms with E-state index in [0.29, 0.717) is 5.57 Å². The van der Waals surface area contributed by atoms with Crippen LogP contribution in [0.15, 0.2) is 54.6 Å². The molecule has 0 bridgehead atoms. The van der Waals surface area contributed by atoms with E-state index in [-0.39, 0.29) is 31.0 Å². The van der Waals surface area contributed by atoms with E-state index in [1.165, 1.54) is 9.80 Å². The molecule has 0 saturated carbocycles. The Balaban J connectivity index is 2.18. The van der Waals surface area contributed by atoms with Crippen molar-refractivity contribution in [2.45, 2.75) is 18.4 Å². The highest BCUT2D eigenvalue weighted by Gasteiger charge is 2.45. The summed E-state index contributed by atoms with van der Waals surface area (Å²) in [4.78, 5) is 27.8. The van der Waals surface area contributed by atoms with Crippen LogP contribution in [0.5, 0.6) is 0 Å². The van der Waals surface area contributed by atoms with Crippen molar-refractivity contribution in [3.8, 4) is 0 Å². The van der Waals surface area contributed by atoms with Gasteiger partial charge in [-0.15, -0.1) is 0 Å². The summed E-state index contributed by atoms with van der Waals surface area (Å²) in [5.41, 5.74) is 1.75. The third-order valence-electron chi connectivity index (χ3n) is 5.24. The summed E-state index contributed by atoms with van der Waals surface area (Å²) in [5, 5.41) is 8.93. The van der Waals surface area contributed by atoms with E-state index >= 15 is 0 Å². The van der Waals surface area contributed by atoms with Crippen LogP contribution in [0.3, 0.4) is 0 Å². The molecule has 8 heteroatoms. The minimum atomic E-state index is -1.08. The van der Waals surface area contributed by atoms with Gasteiger partial charge in [-0.05, 0) is 41.8 Å². The van der Waals surface area contributed by atoms with Gasteiger partial charge in [-0.2, -0.15) is 0 Å². The molecule has 1 aliphatic rings. The lowest BCUT2D eigenvalue weighted by Gasteiger charge is -2.39. The van der Waals surface area contributed by atoms with Gasteiger partial charge in [-0.1, -0.05) is 30.3 Å². The number of carbonyl (C=O) groups is 2. The summed E-state index contributed by atoms with van der Waals surface area (Å²) in [5.74, 6) is -1.80. The van der Waals surface area contributed by atoms with Gasteiger partial charge in [0.25, 0.3) is 0 Å². The van der Waals surface area contributed by atoms with Gasteiger partial charge >= 0.3 is 6.03 Å². The number of hydroxylamine groups is 1. The van der Waals surface area contributed by atoms with E-state index in [0.717, 1.165) is 23.8 Å². The highest BCUT2D eigenvalue weighted by atomic mass is 19.1. The second kappa shape index (κ2) is 8.62. The molecule has 3 rings (SSSR count). The molecule has 2 aromatic carbocycles. The number of nitrogens with one attached hydrogen (secondary N) is 1. The molecule has 158 valence electrons. The zero-order valence-electron chi connectivity index (χ0n) is 16.7. The highest BCUT2D eigenvalue weighted by Crippen LogP contribution is 2.44. The Hall–Kier alpha value is -3.26. The van der Waals surface area contributed by atoms with Gasteiger partial charge < -0.3 is 9.80 Å². The van der Waals surface area contributed by atoms with Crippen molar-refractivity contribution in [1.29, 1.82) is 0 Å². The average molecular weight is 415 g/mol. The number of rotatable bonds is 5. The summed E-state index contributed by atoms with van der Waals surface area (Å²) < 4.78 is 28.3. The monoisotopic (exact) mass is 415 g/mol. The van der Waals surface area contributed by atoms with Gasteiger partial charge in [0.05, 0.1) is 5.54 Å². The largest absolute Gasteiger partial charge is 0.331 e. The zero-order chi connectivity index (χ0) is 21.9. The second-order valence-corrected chi connectivity index (χ2v) is 7.38. The van der Waals surface area contributed by atoms with Crippen molar-refractivity contribution in [2.24, 2.45) is 0 Å². The topological polar surface area (TPSA) is 72.9 Å². The zero-order valence-corrected chi connectivity index (χ0v) is 16.7. The summed E-state index contributed by atoms with van der Waals surface area (Å²) in [6, 6.07) is 11.9. The Labute approximate surface area is 173 Å². The van der Waals surface area contributed by atoms with Crippen molar-refractivity contribution >= 4 is 17.5 Å². The number of amides is 3. The van der Waals surface area contributed by atoms with Crippen molar-refractivity contribution < 1.29 is 23.6 Å². The van der Waals surface area contributed by atoms with Crippen LogP contribution < -0.4 is 5.48 Å². The molecule has 0 spiro atoms. The van der Waals surface area contributed by atoms with Crippen LogP contribution in [-0.2, 0) is 10.3 Å². The van der Waals surface area contributed by atoms with Crippen molar-refractivity contribution in [3.05, 3.63) is 77.4 Å². The summed E-state index contributed by atoms with van der Waals surface area (Å²) in [7, 11) is 3.19. The molecule has 2 aromatic rings. The van der Waals surface area contributed by atoms with Gasteiger partial charge in [0.15, 0.2) is 0 Å². The number of nitrogens with zero attached hydrogens (tertiary/aromatic N) is 2. The lowest BCUT2D eigenvalue weighted by atomic mass is 9.84. The minimum Gasteiger partial charge on any atom is -0.331 e. The van der Waals surface area contributed by atoms with E-state index < -0.39 is 23.1 Å². The summed E-state index contributed by atoms with van der Waals surface area (Å²) in [6.07, 6.45) is 1.77. The Morgan fingerprint density at radius 2 is 1.87 bits per heavy atom. The SMILES string of the molecule is CN(C)C(=O)N1CC(c2cc(F)ccc2F)=CC1(CCC(=O)NO)c1ccccc1. The molecule has 0 aliphatic carbocycles. The van der Waals surface area contributed by atoms with E-state index in [1.54, 1.807) is 37.8 Å². The molecule has 0 fully saturated rings. The Morgan fingerprint density at radius 3 is 2.50 bits per heavy atom. The molecule has 3 amide bonds. The molecule has 0 aromatic heterocycles. The molecule has 6 nitrogen and oxygen atoms in total. The van der Waals surface area contributed by atoms with E-state index in [9.17, 15) is 18.4 Å². The third kappa shape index (κ3) is 4.04. The van der Waals surface area contributed by atoms with Gasteiger partial charge in [-0.3, -0.25) is 10.0 Å². The van der Waals surface area contributed by atoms with Crippen molar-refractivity contribution in [3.63, 3.8) is 0 Å². The molecule has 0 radical (unpaired) electrons. The first-order valence-electron chi connectivity index (χ1n) is 9.43. The quantitative estimate of drug-likeness (QED) is 0.580. The number of hydrogen-bond acceptors (Lipinski definition) is 3. The van der Waals surface area contributed by atoms with Gasteiger partial charge in [0.1, 0.15) is 11.6 Å². The highest BCUT2D eigenvalue weighted by molar-refractivity contribution is 5.84. The Morgan fingerprint density at radius 1 is 1.17 bits per heavy atom. The van der Waals surface area contributed by atoms with E-state index in [4.69, 9.17) is 5.21 Å². The van der Waals surface area contributed by atoms with E-state index in [1.807, 2.05) is 18.2 Å². The van der Waals surface area contributed by atoms with Crippen LogP contribution in [-0.4, -0.2) is 47.6 Å². The first kappa shape index (κ1) is 21.4. The number of halogens is 2. The lowest BCUT2D eigenvalue weighted by molar-refractivity contribution is -0.129. The summed E-state index contributed by atoms with van der Waals surface area (Å²) >= 11 is 0. The number of benzene rings is 2. The van der Waals surface area contributed by atoms with Crippen LogP contribution in [0.25, 0.3) is 5.57 Å². The first-order valence-corrected chi connectivity index (χ1v) is 9.43. The molecular formula is C22H23F2N3O3. The fraction of sp³-hybridized carbons (Fsp3) is 0.273. The normalized spacial score (nSPS) is 18.2. The number of urea groups is 1. The molecule has 1 aliphatic heterocycles. The van der Waals surface area contributed by atoms with Crippen molar-refractivity contribution in [1.82, 2.24) is 15.3 Å². The third-order valence-corrected chi connectivity index (χ3v) is 5.24. The second-order valence-electron chi connectivity index (χ2n) is 7.38. The number of carbonyl (C=O) groups excluding carboxylic acids is 2. The predicted molar refractivity (Wildman–Crippen MR) is 107 cm³/mol. The summed E-state index contributed by atoms with van der Waals surface area (Å²) in [6.45, 7) is 0.0347. The van der Waals surface area contributed by atoms with Crippen LogP contribution in [0.4, 0.5) is 13.6 Å². The number of hydrogen-bond donors (Lipinski definition) is 2. The maximum Gasteiger partial charge on any atom is 0.320 e. The molecule has 1 unspecified atom stereocenters. The fourth-order valence-corrected chi connectivity index (χ4v) is 3.79. The maximum absolute atomic E-state index is 14.5. The molecule has 1 atom stereocenters. The fourth-order valence-electron chi connectivity index (χ4n) is 3.79. The van der Waals surface area contributed by atoms with Crippen LogP contribution in [0.2, 0.25) is 0 Å². The van der Waals surface area contributed by atoms with Gasteiger partial charge in [0.2, 0.25) is 5.91 Å². The van der Waals surface area contributed by atoms with Crippen molar-refractivity contribution in [2.75, 3.05) is 20.6 Å². The molecule has 1 heterocycles. The van der Waals surface area contributed by atoms with E-state index in [2.05, 4.69) is 0 Å². The lowest BCUT2D eigenvalue weighted by Crippen LogP contribution is -2.50.